The van der Waals surface area contributed by atoms with E-state index in [1.54, 1.807) is 0 Å². The number of likely N-dealkylation sites (tertiary alicyclic amines) is 1. The topological polar surface area (TPSA) is 104 Å². The SMILES string of the molecule is CC1CCCN1C(=O)CNC(=O)C(NC(=O)c1cnccn1)C1CCCCC1. The van der Waals surface area contributed by atoms with Crippen molar-refractivity contribution >= 4 is 17.7 Å². The van der Waals surface area contributed by atoms with Gasteiger partial charge in [-0.3, -0.25) is 19.4 Å². The predicted molar refractivity (Wildman–Crippen MR) is 103 cm³/mol. The first kappa shape index (κ1) is 20.2. The van der Waals surface area contributed by atoms with E-state index in [0.717, 1.165) is 51.5 Å². The van der Waals surface area contributed by atoms with E-state index in [0.29, 0.717) is 0 Å². The molecule has 0 aromatic carbocycles. The minimum absolute atomic E-state index is 0.0343. The molecule has 0 bridgehead atoms. The number of nitrogens with one attached hydrogen (secondary N) is 2. The van der Waals surface area contributed by atoms with Crippen LogP contribution in [0.3, 0.4) is 0 Å². The average molecular weight is 387 g/mol. The van der Waals surface area contributed by atoms with Gasteiger partial charge in [0.15, 0.2) is 0 Å². The zero-order chi connectivity index (χ0) is 19.9. The molecule has 8 nitrogen and oxygen atoms in total. The van der Waals surface area contributed by atoms with Gasteiger partial charge >= 0.3 is 0 Å². The summed E-state index contributed by atoms with van der Waals surface area (Å²) in [6.45, 7) is 2.73. The summed E-state index contributed by atoms with van der Waals surface area (Å²) < 4.78 is 0. The lowest BCUT2D eigenvalue weighted by atomic mass is 9.83. The Bertz CT molecular complexity index is 690. The first-order chi connectivity index (χ1) is 13.6. The van der Waals surface area contributed by atoms with Crippen LogP contribution in [0.15, 0.2) is 18.6 Å². The minimum atomic E-state index is -0.668. The number of rotatable bonds is 6. The summed E-state index contributed by atoms with van der Waals surface area (Å²) in [7, 11) is 0. The smallest absolute Gasteiger partial charge is 0.272 e. The van der Waals surface area contributed by atoms with Crippen LogP contribution in [0, 0.1) is 5.92 Å². The summed E-state index contributed by atoms with van der Waals surface area (Å²) in [4.78, 5) is 47.5. The molecule has 1 aliphatic carbocycles. The van der Waals surface area contributed by atoms with E-state index in [-0.39, 0.29) is 36.0 Å². The summed E-state index contributed by atoms with van der Waals surface area (Å²) in [5.74, 6) is -0.723. The maximum absolute atomic E-state index is 12.9. The summed E-state index contributed by atoms with van der Waals surface area (Å²) in [5, 5.41) is 5.58. The third-order valence-corrected chi connectivity index (χ3v) is 5.77. The van der Waals surface area contributed by atoms with Gasteiger partial charge in [0.2, 0.25) is 11.8 Å². The van der Waals surface area contributed by atoms with E-state index in [9.17, 15) is 14.4 Å². The zero-order valence-electron chi connectivity index (χ0n) is 16.4. The van der Waals surface area contributed by atoms with Gasteiger partial charge in [0.1, 0.15) is 11.7 Å². The Morgan fingerprint density at radius 2 is 1.93 bits per heavy atom. The fourth-order valence-corrected chi connectivity index (χ4v) is 4.17. The highest BCUT2D eigenvalue weighted by Gasteiger charge is 2.32. The van der Waals surface area contributed by atoms with Gasteiger partial charge in [-0.25, -0.2) is 4.98 Å². The van der Waals surface area contributed by atoms with E-state index in [4.69, 9.17) is 0 Å². The normalized spacial score (nSPS) is 21.2. The summed E-state index contributed by atoms with van der Waals surface area (Å²) in [6.07, 6.45) is 11.3. The van der Waals surface area contributed by atoms with Gasteiger partial charge < -0.3 is 15.5 Å². The monoisotopic (exact) mass is 387 g/mol. The van der Waals surface area contributed by atoms with Gasteiger partial charge in [-0.15, -0.1) is 0 Å². The van der Waals surface area contributed by atoms with Gasteiger partial charge in [0.05, 0.1) is 12.7 Å². The molecule has 8 heteroatoms. The minimum Gasteiger partial charge on any atom is -0.345 e. The molecule has 2 fully saturated rings. The maximum atomic E-state index is 12.9. The molecule has 0 radical (unpaired) electrons. The van der Waals surface area contributed by atoms with E-state index in [1.807, 2.05) is 11.8 Å². The van der Waals surface area contributed by atoms with Gasteiger partial charge in [0.25, 0.3) is 5.91 Å². The van der Waals surface area contributed by atoms with Crippen molar-refractivity contribution in [1.29, 1.82) is 0 Å². The number of hydrogen-bond donors (Lipinski definition) is 2. The van der Waals surface area contributed by atoms with Crippen molar-refractivity contribution in [2.45, 2.75) is 64.0 Å². The Hall–Kier alpha value is -2.51. The van der Waals surface area contributed by atoms with Crippen molar-refractivity contribution in [1.82, 2.24) is 25.5 Å². The molecular weight excluding hydrogens is 358 g/mol. The van der Waals surface area contributed by atoms with Gasteiger partial charge in [0, 0.05) is 25.0 Å². The second kappa shape index (κ2) is 9.61. The molecule has 2 unspecified atom stereocenters. The number of nitrogens with zero attached hydrogens (tertiary/aromatic N) is 3. The lowest BCUT2D eigenvalue weighted by Gasteiger charge is -2.30. The lowest BCUT2D eigenvalue weighted by Crippen LogP contribution is -2.53. The molecule has 2 N–H and O–H groups in total. The molecule has 1 saturated heterocycles. The molecule has 152 valence electrons. The van der Waals surface area contributed by atoms with Crippen molar-refractivity contribution in [2.24, 2.45) is 5.92 Å². The van der Waals surface area contributed by atoms with E-state index in [2.05, 4.69) is 20.6 Å². The predicted octanol–water partition coefficient (Wildman–Crippen LogP) is 1.28. The molecule has 3 rings (SSSR count). The van der Waals surface area contributed by atoms with Crippen LogP contribution in [-0.2, 0) is 9.59 Å². The lowest BCUT2D eigenvalue weighted by molar-refractivity contribution is -0.134. The summed E-state index contributed by atoms with van der Waals surface area (Å²) in [5.41, 5.74) is 0.179. The third-order valence-electron chi connectivity index (χ3n) is 5.77. The number of carbonyl (C=O) groups excluding carboxylic acids is 3. The van der Waals surface area contributed by atoms with Crippen LogP contribution in [0.2, 0.25) is 0 Å². The number of amides is 3. The Kier molecular flexibility index (Phi) is 6.95. The highest BCUT2D eigenvalue weighted by Crippen LogP contribution is 2.27. The quantitative estimate of drug-likeness (QED) is 0.765. The third kappa shape index (κ3) is 5.05. The van der Waals surface area contributed by atoms with Crippen molar-refractivity contribution < 1.29 is 14.4 Å². The highest BCUT2D eigenvalue weighted by molar-refractivity contribution is 5.96. The fourth-order valence-electron chi connectivity index (χ4n) is 4.17. The molecule has 3 amide bonds. The average Bonchev–Trinajstić information content (AvgIpc) is 3.17. The van der Waals surface area contributed by atoms with Crippen molar-refractivity contribution in [3.05, 3.63) is 24.3 Å². The molecule has 2 aliphatic rings. The van der Waals surface area contributed by atoms with E-state index in [1.165, 1.54) is 18.6 Å². The number of carbonyl (C=O) groups is 3. The molecular formula is C20H29N5O3. The Balaban J connectivity index is 1.63. The van der Waals surface area contributed by atoms with Crippen LogP contribution in [0.4, 0.5) is 0 Å². The van der Waals surface area contributed by atoms with Crippen molar-refractivity contribution in [3.63, 3.8) is 0 Å². The van der Waals surface area contributed by atoms with Crippen molar-refractivity contribution in [3.8, 4) is 0 Å². The molecule has 0 spiro atoms. The van der Waals surface area contributed by atoms with Crippen molar-refractivity contribution in [2.75, 3.05) is 13.1 Å². The number of hydrogen-bond acceptors (Lipinski definition) is 5. The molecule has 1 aromatic rings. The Morgan fingerprint density at radius 3 is 2.57 bits per heavy atom. The van der Waals surface area contributed by atoms with E-state index < -0.39 is 11.9 Å². The van der Waals surface area contributed by atoms with Crippen LogP contribution in [-0.4, -0.2) is 57.8 Å². The zero-order valence-corrected chi connectivity index (χ0v) is 16.4. The van der Waals surface area contributed by atoms with Gasteiger partial charge in [-0.2, -0.15) is 0 Å². The molecule has 28 heavy (non-hydrogen) atoms. The molecule has 2 heterocycles. The van der Waals surface area contributed by atoms with E-state index >= 15 is 0 Å². The summed E-state index contributed by atoms with van der Waals surface area (Å²) >= 11 is 0. The second-order valence-corrected chi connectivity index (χ2v) is 7.74. The van der Waals surface area contributed by atoms with Crippen LogP contribution < -0.4 is 10.6 Å². The maximum Gasteiger partial charge on any atom is 0.272 e. The Labute approximate surface area is 165 Å². The molecule has 1 aliphatic heterocycles. The van der Waals surface area contributed by atoms with Crippen LogP contribution >= 0.6 is 0 Å². The standard InChI is InChI=1S/C20H29N5O3/c1-14-6-5-11-25(14)17(26)13-23-20(28)18(15-7-3-2-4-8-15)24-19(27)16-12-21-9-10-22-16/h9-10,12,14-15,18H,2-8,11,13H2,1H3,(H,23,28)(H,24,27). The van der Waals surface area contributed by atoms with Crippen LogP contribution in [0.5, 0.6) is 0 Å². The van der Waals surface area contributed by atoms with Crippen LogP contribution in [0.1, 0.15) is 62.4 Å². The van der Waals surface area contributed by atoms with Gasteiger partial charge in [-0.05, 0) is 38.5 Å². The fraction of sp³-hybridized carbons (Fsp3) is 0.650. The second-order valence-electron chi connectivity index (χ2n) is 7.74. The van der Waals surface area contributed by atoms with Gasteiger partial charge in [-0.1, -0.05) is 19.3 Å². The highest BCUT2D eigenvalue weighted by atomic mass is 16.2. The van der Waals surface area contributed by atoms with Crippen LogP contribution in [0.25, 0.3) is 0 Å². The first-order valence-corrected chi connectivity index (χ1v) is 10.2. The largest absolute Gasteiger partial charge is 0.345 e. The Morgan fingerprint density at radius 1 is 1.14 bits per heavy atom. The molecule has 2 atom stereocenters. The molecule has 1 saturated carbocycles. The number of aromatic nitrogens is 2. The summed E-state index contributed by atoms with van der Waals surface area (Å²) in [6, 6.07) is -0.450. The first-order valence-electron chi connectivity index (χ1n) is 10.2. The molecule has 1 aromatic heterocycles.